The van der Waals surface area contributed by atoms with Crippen molar-refractivity contribution < 1.29 is 4.79 Å². The van der Waals surface area contributed by atoms with Gasteiger partial charge in [0, 0.05) is 22.8 Å². The normalized spacial score (nSPS) is 11.2. The van der Waals surface area contributed by atoms with Crippen LogP contribution in [0.5, 0.6) is 0 Å². The molecule has 31 heavy (non-hydrogen) atoms. The summed E-state index contributed by atoms with van der Waals surface area (Å²) < 4.78 is 1.79. The molecule has 0 saturated carbocycles. The first-order valence-corrected chi connectivity index (χ1v) is 9.86. The summed E-state index contributed by atoms with van der Waals surface area (Å²) in [7, 11) is 0. The predicted octanol–water partition coefficient (Wildman–Crippen LogP) is 4.11. The van der Waals surface area contributed by atoms with Gasteiger partial charge in [-0.2, -0.15) is 5.10 Å². The topological polar surface area (TPSA) is 92.1 Å². The minimum atomic E-state index is -0.228. The summed E-state index contributed by atoms with van der Waals surface area (Å²) in [5.74, 6) is -0.228. The molecular formula is C24H19N5O2. The molecule has 7 nitrogen and oxygen atoms in total. The van der Waals surface area contributed by atoms with Crippen molar-refractivity contribution in [3.63, 3.8) is 0 Å². The van der Waals surface area contributed by atoms with Gasteiger partial charge in [0.1, 0.15) is 11.3 Å². The van der Waals surface area contributed by atoms with Crippen LogP contribution in [0.25, 0.3) is 27.7 Å². The first-order valence-electron chi connectivity index (χ1n) is 9.86. The third kappa shape index (κ3) is 3.26. The number of carbonyl (C=O) groups excluding carboxylic acids is 1. The molecule has 3 heterocycles. The molecule has 0 radical (unpaired) electrons. The number of fused-ring (bicyclic) bond motifs is 2. The van der Waals surface area contributed by atoms with Gasteiger partial charge in [-0.3, -0.25) is 14.0 Å². The molecule has 0 aliphatic heterocycles. The van der Waals surface area contributed by atoms with Crippen molar-refractivity contribution in [3.05, 3.63) is 94.2 Å². The number of rotatable bonds is 3. The fraction of sp³-hybridized carbons (Fsp3) is 0.0833. The highest BCUT2D eigenvalue weighted by atomic mass is 16.2. The SMILES string of the molecule is Cc1ccn2c(C(=O)Nc3ccc(-c4n[nH]c(=O)c5ccccc45)cc3)c(C)nc2c1. The summed E-state index contributed by atoms with van der Waals surface area (Å²) in [6.45, 7) is 3.82. The van der Waals surface area contributed by atoms with Crippen LogP contribution in [0.2, 0.25) is 0 Å². The lowest BCUT2D eigenvalue weighted by molar-refractivity contribution is 0.102. The molecule has 0 atom stereocenters. The van der Waals surface area contributed by atoms with E-state index >= 15 is 0 Å². The molecule has 0 bridgehead atoms. The number of H-pyrrole nitrogens is 1. The van der Waals surface area contributed by atoms with Crippen LogP contribution in [-0.2, 0) is 0 Å². The van der Waals surface area contributed by atoms with E-state index < -0.39 is 0 Å². The molecular weight excluding hydrogens is 390 g/mol. The zero-order valence-corrected chi connectivity index (χ0v) is 17.0. The molecule has 5 rings (SSSR count). The average Bonchev–Trinajstić information content (AvgIpc) is 3.10. The van der Waals surface area contributed by atoms with Crippen LogP contribution in [0.4, 0.5) is 5.69 Å². The molecule has 0 aliphatic rings. The number of imidazole rings is 1. The Morgan fingerprint density at radius 1 is 1.00 bits per heavy atom. The second-order valence-electron chi connectivity index (χ2n) is 7.46. The second kappa shape index (κ2) is 7.21. The van der Waals surface area contributed by atoms with Crippen molar-refractivity contribution in [2.24, 2.45) is 0 Å². The van der Waals surface area contributed by atoms with Crippen LogP contribution < -0.4 is 10.9 Å². The van der Waals surface area contributed by atoms with E-state index in [4.69, 9.17) is 0 Å². The van der Waals surface area contributed by atoms with Gasteiger partial charge in [0.05, 0.1) is 16.8 Å². The smallest absolute Gasteiger partial charge is 0.274 e. The quantitative estimate of drug-likeness (QED) is 0.469. The largest absolute Gasteiger partial charge is 0.321 e. The minimum Gasteiger partial charge on any atom is -0.321 e. The molecule has 152 valence electrons. The van der Waals surface area contributed by atoms with Gasteiger partial charge >= 0.3 is 0 Å². The van der Waals surface area contributed by atoms with E-state index in [2.05, 4.69) is 20.5 Å². The third-order valence-corrected chi connectivity index (χ3v) is 5.28. The number of nitrogens with zero attached hydrogens (tertiary/aromatic N) is 3. The fourth-order valence-corrected chi connectivity index (χ4v) is 3.77. The standard InChI is InChI=1S/C24H19N5O2/c1-14-11-12-29-20(13-14)25-15(2)22(29)24(31)26-17-9-7-16(8-10-17)21-18-5-3-4-6-19(18)23(30)28-27-21/h3-13H,1-2H3,(H,26,31)(H,28,30). The van der Waals surface area contributed by atoms with Crippen LogP contribution in [0, 0.1) is 13.8 Å². The maximum absolute atomic E-state index is 12.9. The van der Waals surface area contributed by atoms with Crippen molar-refractivity contribution >= 4 is 28.0 Å². The fourth-order valence-electron chi connectivity index (χ4n) is 3.77. The maximum Gasteiger partial charge on any atom is 0.274 e. The van der Waals surface area contributed by atoms with E-state index in [-0.39, 0.29) is 11.5 Å². The third-order valence-electron chi connectivity index (χ3n) is 5.28. The lowest BCUT2D eigenvalue weighted by Crippen LogP contribution is -2.15. The highest BCUT2D eigenvalue weighted by molar-refractivity contribution is 6.04. The Kier molecular flexibility index (Phi) is 4.36. The average molecular weight is 409 g/mol. The van der Waals surface area contributed by atoms with Crippen LogP contribution in [-0.4, -0.2) is 25.5 Å². The maximum atomic E-state index is 12.9. The number of aromatic amines is 1. The van der Waals surface area contributed by atoms with Gasteiger partial charge < -0.3 is 5.32 Å². The number of pyridine rings is 1. The molecule has 1 amide bonds. The number of nitrogens with one attached hydrogen (secondary N) is 2. The summed E-state index contributed by atoms with van der Waals surface area (Å²) >= 11 is 0. The number of carbonyl (C=O) groups is 1. The van der Waals surface area contributed by atoms with E-state index in [1.165, 1.54) is 0 Å². The Morgan fingerprint density at radius 3 is 2.52 bits per heavy atom. The van der Waals surface area contributed by atoms with Crippen LogP contribution >= 0.6 is 0 Å². The number of anilines is 1. The summed E-state index contributed by atoms with van der Waals surface area (Å²) in [6.07, 6.45) is 1.86. The van der Waals surface area contributed by atoms with Gasteiger partial charge in [0.25, 0.3) is 11.5 Å². The monoisotopic (exact) mass is 409 g/mol. The molecule has 3 aromatic heterocycles. The Bertz CT molecular complexity index is 1510. The molecule has 5 aromatic rings. The van der Waals surface area contributed by atoms with Crippen molar-refractivity contribution in [2.45, 2.75) is 13.8 Å². The molecule has 0 saturated heterocycles. The molecule has 2 aromatic carbocycles. The number of hydrogen-bond donors (Lipinski definition) is 2. The first kappa shape index (κ1) is 18.7. The van der Waals surface area contributed by atoms with E-state index in [1.807, 2.05) is 74.6 Å². The van der Waals surface area contributed by atoms with Crippen molar-refractivity contribution in [1.29, 1.82) is 0 Å². The van der Waals surface area contributed by atoms with E-state index in [9.17, 15) is 9.59 Å². The zero-order valence-electron chi connectivity index (χ0n) is 17.0. The number of benzene rings is 2. The summed E-state index contributed by atoms with van der Waals surface area (Å²) in [6, 6.07) is 18.6. The zero-order chi connectivity index (χ0) is 21.5. The van der Waals surface area contributed by atoms with Crippen molar-refractivity contribution in [1.82, 2.24) is 19.6 Å². The van der Waals surface area contributed by atoms with E-state index in [0.29, 0.717) is 28.2 Å². The Labute approximate surface area is 177 Å². The predicted molar refractivity (Wildman–Crippen MR) is 120 cm³/mol. The molecule has 0 spiro atoms. The second-order valence-corrected chi connectivity index (χ2v) is 7.46. The number of aromatic nitrogens is 4. The Balaban J connectivity index is 1.46. The Hall–Kier alpha value is -4.26. The van der Waals surface area contributed by atoms with Gasteiger partial charge in [-0.15, -0.1) is 0 Å². The molecule has 0 unspecified atom stereocenters. The van der Waals surface area contributed by atoms with E-state index in [1.54, 1.807) is 10.5 Å². The van der Waals surface area contributed by atoms with Crippen LogP contribution in [0.3, 0.4) is 0 Å². The van der Waals surface area contributed by atoms with Gasteiger partial charge in [-0.25, -0.2) is 10.1 Å². The van der Waals surface area contributed by atoms with Gasteiger partial charge in [0.15, 0.2) is 0 Å². The summed E-state index contributed by atoms with van der Waals surface area (Å²) in [4.78, 5) is 29.4. The number of aryl methyl sites for hydroxylation is 2. The number of amides is 1. The highest BCUT2D eigenvalue weighted by Crippen LogP contribution is 2.25. The van der Waals surface area contributed by atoms with Gasteiger partial charge in [-0.1, -0.05) is 30.3 Å². The van der Waals surface area contributed by atoms with E-state index in [0.717, 1.165) is 22.2 Å². The summed E-state index contributed by atoms with van der Waals surface area (Å²) in [5.41, 5.74) is 4.97. The lowest BCUT2D eigenvalue weighted by Gasteiger charge is -2.08. The van der Waals surface area contributed by atoms with Crippen LogP contribution in [0.15, 0.2) is 71.7 Å². The van der Waals surface area contributed by atoms with Crippen LogP contribution in [0.1, 0.15) is 21.7 Å². The highest BCUT2D eigenvalue weighted by Gasteiger charge is 2.17. The summed E-state index contributed by atoms with van der Waals surface area (Å²) in [5, 5.41) is 11.1. The molecule has 0 aliphatic carbocycles. The number of hydrogen-bond acceptors (Lipinski definition) is 4. The lowest BCUT2D eigenvalue weighted by atomic mass is 10.0. The molecule has 0 fully saturated rings. The molecule has 2 N–H and O–H groups in total. The van der Waals surface area contributed by atoms with Gasteiger partial charge in [0.2, 0.25) is 0 Å². The Morgan fingerprint density at radius 2 is 1.74 bits per heavy atom. The van der Waals surface area contributed by atoms with Crippen molar-refractivity contribution in [3.8, 4) is 11.3 Å². The van der Waals surface area contributed by atoms with Gasteiger partial charge in [-0.05, 0) is 49.7 Å². The van der Waals surface area contributed by atoms with Crippen molar-refractivity contribution in [2.75, 3.05) is 5.32 Å². The first-order chi connectivity index (χ1) is 15.0. The minimum absolute atomic E-state index is 0.221. The molecule has 7 heteroatoms.